The lowest BCUT2D eigenvalue weighted by Crippen LogP contribution is -2.51. The summed E-state index contributed by atoms with van der Waals surface area (Å²) < 4.78 is 0. The van der Waals surface area contributed by atoms with Crippen molar-refractivity contribution in [3.05, 3.63) is 0 Å². The number of hydrogen-bond acceptors (Lipinski definition) is 0. The van der Waals surface area contributed by atoms with Gasteiger partial charge in [-0.2, -0.15) is 0 Å². The summed E-state index contributed by atoms with van der Waals surface area (Å²) in [4.78, 5) is 0. The van der Waals surface area contributed by atoms with Gasteiger partial charge in [0.05, 0.1) is 0 Å². The highest BCUT2D eigenvalue weighted by atomic mass is 14.6. The molecule has 0 heterocycles. The van der Waals surface area contributed by atoms with Crippen LogP contribution in [0.15, 0.2) is 0 Å². The molecule has 58 valence electrons. The van der Waals surface area contributed by atoms with Gasteiger partial charge >= 0.3 is 0 Å². The summed E-state index contributed by atoms with van der Waals surface area (Å²) >= 11 is 0. The fraction of sp³-hybridized carbons (Fsp3) is 1.00. The highest BCUT2D eigenvalue weighted by Gasteiger charge is 2.51. The van der Waals surface area contributed by atoms with E-state index in [9.17, 15) is 0 Å². The molecular formula is C10H18. The Hall–Kier alpha value is 0. The Morgan fingerprint density at radius 2 is 1.80 bits per heavy atom. The molecule has 2 aliphatic rings. The third-order valence-electron chi connectivity index (χ3n) is 3.88. The molecule has 4 atom stereocenters. The maximum absolute atomic E-state index is 2.41. The lowest BCUT2D eigenvalue weighted by atomic mass is 9.46. The van der Waals surface area contributed by atoms with E-state index < -0.39 is 0 Å². The molecule has 0 aromatic carbocycles. The van der Waals surface area contributed by atoms with Gasteiger partial charge in [0.2, 0.25) is 0 Å². The van der Waals surface area contributed by atoms with Gasteiger partial charge in [0, 0.05) is 0 Å². The topological polar surface area (TPSA) is 0 Å². The first-order valence-corrected chi connectivity index (χ1v) is 4.70. The first kappa shape index (κ1) is 6.69. The maximum atomic E-state index is 2.41. The Balaban J connectivity index is 1.89. The molecule has 0 aliphatic heterocycles. The molecule has 2 saturated carbocycles. The van der Waals surface area contributed by atoms with E-state index in [1.165, 1.54) is 6.42 Å². The molecule has 0 radical (unpaired) electrons. The van der Waals surface area contributed by atoms with Gasteiger partial charge in [0.25, 0.3) is 0 Å². The van der Waals surface area contributed by atoms with Crippen LogP contribution in [0, 0.1) is 29.6 Å². The van der Waals surface area contributed by atoms with Gasteiger partial charge < -0.3 is 0 Å². The van der Waals surface area contributed by atoms with E-state index in [1.807, 2.05) is 0 Å². The van der Waals surface area contributed by atoms with E-state index in [0.717, 1.165) is 29.6 Å². The smallest absolute Gasteiger partial charge is 0.0350 e. The van der Waals surface area contributed by atoms with Crippen LogP contribution in [0.2, 0.25) is 0 Å². The first-order valence-electron chi connectivity index (χ1n) is 4.70. The van der Waals surface area contributed by atoms with Crippen molar-refractivity contribution in [3.8, 4) is 0 Å². The molecule has 0 aromatic heterocycles. The van der Waals surface area contributed by atoms with Crippen molar-refractivity contribution >= 4 is 0 Å². The van der Waals surface area contributed by atoms with Crippen molar-refractivity contribution < 1.29 is 0 Å². The fourth-order valence-electron chi connectivity index (χ4n) is 2.96. The van der Waals surface area contributed by atoms with Crippen LogP contribution < -0.4 is 0 Å². The number of rotatable bonds is 1. The maximum Gasteiger partial charge on any atom is -0.0350 e. The van der Waals surface area contributed by atoms with Crippen molar-refractivity contribution in [1.82, 2.24) is 0 Å². The van der Waals surface area contributed by atoms with E-state index in [1.54, 1.807) is 6.42 Å². The second-order valence-electron chi connectivity index (χ2n) is 4.68. The molecule has 4 unspecified atom stereocenters. The summed E-state index contributed by atoms with van der Waals surface area (Å²) in [7, 11) is 0. The zero-order valence-electron chi connectivity index (χ0n) is 7.30. The van der Waals surface area contributed by atoms with Crippen LogP contribution in [0.25, 0.3) is 0 Å². The zero-order valence-corrected chi connectivity index (χ0v) is 7.30. The number of fused-ring (bicyclic) bond motifs is 1. The fourth-order valence-corrected chi connectivity index (χ4v) is 2.96. The Morgan fingerprint density at radius 3 is 2.10 bits per heavy atom. The first-order chi connectivity index (χ1) is 4.70. The minimum Gasteiger partial charge on any atom is -0.0625 e. The molecule has 0 heteroatoms. The van der Waals surface area contributed by atoms with Crippen LogP contribution in [0.5, 0.6) is 0 Å². The third-order valence-corrected chi connectivity index (χ3v) is 3.88. The minimum absolute atomic E-state index is 0.953. The zero-order chi connectivity index (χ0) is 7.30. The van der Waals surface area contributed by atoms with Gasteiger partial charge in [0.1, 0.15) is 0 Å². The summed E-state index contributed by atoms with van der Waals surface area (Å²) in [6, 6.07) is 0. The van der Waals surface area contributed by atoms with E-state index in [2.05, 4.69) is 20.8 Å². The Morgan fingerprint density at radius 1 is 1.10 bits per heavy atom. The summed E-state index contributed by atoms with van der Waals surface area (Å²) in [5.74, 6) is 5.41. The van der Waals surface area contributed by atoms with E-state index >= 15 is 0 Å². The van der Waals surface area contributed by atoms with Crippen LogP contribution in [0.4, 0.5) is 0 Å². The molecule has 2 fully saturated rings. The molecule has 0 aromatic rings. The van der Waals surface area contributed by atoms with Crippen molar-refractivity contribution in [3.63, 3.8) is 0 Å². The predicted molar refractivity (Wildman–Crippen MR) is 43.7 cm³/mol. The van der Waals surface area contributed by atoms with Crippen LogP contribution in [-0.2, 0) is 0 Å². The van der Waals surface area contributed by atoms with Crippen molar-refractivity contribution in [1.29, 1.82) is 0 Å². The standard InChI is InChI=1S/C10H18/c1-6(2)8-5-9-7(3)4-10(8)9/h6-10H,4-5H2,1-3H3. The Bertz CT molecular complexity index is 137. The molecule has 0 amide bonds. The second-order valence-corrected chi connectivity index (χ2v) is 4.68. The molecular weight excluding hydrogens is 120 g/mol. The quantitative estimate of drug-likeness (QED) is 0.522. The monoisotopic (exact) mass is 138 g/mol. The van der Waals surface area contributed by atoms with Crippen molar-refractivity contribution in [2.75, 3.05) is 0 Å². The van der Waals surface area contributed by atoms with Crippen molar-refractivity contribution in [2.45, 2.75) is 33.6 Å². The van der Waals surface area contributed by atoms with Gasteiger partial charge in [-0.3, -0.25) is 0 Å². The van der Waals surface area contributed by atoms with Crippen molar-refractivity contribution in [2.24, 2.45) is 29.6 Å². The SMILES string of the molecule is CC(C)C1CC2C(C)CC12. The van der Waals surface area contributed by atoms with Crippen LogP contribution >= 0.6 is 0 Å². The molecule has 0 bridgehead atoms. The van der Waals surface area contributed by atoms with Gasteiger partial charge in [-0.25, -0.2) is 0 Å². The van der Waals surface area contributed by atoms with Gasteiger partial charge in [-0.15, -0.1) is 0 Å². The summed E-state index contributed by atoms with van der Waals surface area (Å²) in [5.41, 5.74) is 0. The van der Waals surface area contributed by atoms with Crippen LogP contribution in [0.1, 0.15) is 33.6 Å². The van der Waals surface area contributed by atoms with Gasteiger partial charge in [-0.1, -0.05) is 20.8 Å². The normalized spacial score (nSPS) is 51.6. The lowest BCUT2D eigenvalue weighted by molar-refractivity contribution is -0.0983. The molecule has 0 spiro atoms. The predicted octanol–water partition coefficient (Wildman–Crippen LogP) is 2.93. The molecule has 10 heavy (non-hydrogen) atoms. The van der Waals surface area contributed by atoms with Crippen LogP contribution in [0.3, 0.4) is 0 Å². The average molecular weight is 138 g/mol. The second kappa shape index (κ2) is 1.99. The van der Waals surface area contributed by atoms with E-state index in [-0.39, 0.29) is 0 Å². The van der Waals surface area contributed by atoms with E-state index in [0.29, 0.717) is 0 Å². The molecule has 2 rings (SSSR count). The molecule has 2 aliphatic carbocycles. The van der Waals surface area contributed by atoms with Gasteiger partial charge in [0.15, 0.2) is 0 Å². The number of hydrogen-bond donors (Lipinski definition) is 0. The third kappa shape index (κ3) is 0.681. The Labute approximate surface area is 64.0 Å². The summed E-state index contributed by atoms with van der Waals surface area (Å²) in [6.45, 7) is 7.17. The highest BCUT2D eigenvalue weighted by Crippen LogP contribution is 2.59. The van der Waals surface area contributed by atoms with Gasteiger partial charge in [-0.05, 0) is 42.4 Å². The molecule has 0 saturated heterocycles. The lowest BCUT2D eigenvalue weighted by Gasteiger charge is -2.59. The average Bonchev–Trinajstić information content (AvgIpc) is 1.81. The summed E-state index contributed by atoms with van der Waals surface area (Å²) in [5, 5.41) is 0. The minimum atomic E-state index is 0.953. The summed E-state index contributed by atoms with van der Waals surface area (Å²) in [6.07, 6.45) is 3.08. The largest absolute Gasteiger partial charge is 0.0625 e. The molecule has 0 nitrogen and oxygen atoms in total. The highest BCUT2D eigenvalue weighted by molar-refractivity contribution is 5.01. The Kier molecular flexibility index (Phi) is 1.33. The molecule has 0 N–H and O–H groups in total. The van der Waals surface area contributed by atoms with E-state index in [4.69, 9.17) is 0 Å². The van der Waals surface area contributed by atoms with Crippen LogP contribution in [-0.4, -0.2) is 0 Å².